The molecule has 5 nitrogen and oxygen atoms in total. The molecule has 26 heavy (non-hydrogen) atoms. The maximum Gasteiger partial charge on any atom is 0.407 e. The lowest BCUT2D eigenvalue weighted by Crippen LogP contribution is -2.12. The van der Waals surface area contributed by atoms with Gasteiger partial charge in [0, 0.05) is 23.5 Å². The smallest absolute Gasteiger partial charge is 0.407 e. The number of pyridine rings is 1. The fourth-order valence-electron chi connectivity index (χ4n) is 2.02. The van der Waals surface area contributed by atoms with Crippen molar-refractivity contribution in [1.82, 2.24) is 4.98 Å². The van der Waals surface area contributed by atoms with E-state index in [9.17, 15) is 17.6 Å². The Bertz CT molecular complexity index is 820. The first-order chi connectivity index (χ1) is 12.3. The van der Waals surface area contributed by atoms with Gasteiger partial charge in [0.25, 0.3) is 0 Å². The van der Waals surface area contributed by atoms with Gasteiger partial charge >= 0.3 is 6.18 Å². The van der Waals surface area contributed by atoms with E-state index in [-0.39, 0.29) is 11.6 Å². The van der Waals surface area contributed by atoms with Gasteiger partial charge in [-0.25, -0.2) is 9.37 Å². The molecule has 2 aromatic rings. The van der Waals surface area contributed by atoms with Gasteiger partial charge in [0.1, 0.15) is 18.1 Å². The highest BCUT2D eigenvalue weighted by Gasteiger charge is 2.26. The minimum absolute atomic E-state index is 0.00607. The van der Waals surface area contributed by atoms with E-state index in [1.165, 1.54) is 31.5 Å². The highest BCUT2D eigenvalue weighted by molar-refractivity contribution is 5.79. The first-order valence-corrected chi connectivity index (χ1v) is 7.29. The predicted molar refractivity (Wildman–Crippen MR) is 88.5 cm³/mol. The zero-order valence-corrected chi connectivity index (χ0v) is 13.6. The predicted octanol–water partition coefficient (Wildman–Crippen LogP) is 3.71. The lowest BCUT2D eigenvalue weighted by molar-refractivity contribution is -0.118. The molecule has 1 heterocycles. The zero-order chi connectivity index (χ0) is 19.2. The maximum absolute atomic E-state index is 13.6. The fraction of sp³-hybridized carbons (Fsp3) is 0.176. The van der Waals surface area contributed by atoms with Gasteiger partial charge in [-0.1, -0.05) is 0 Å². The lowest BCUT2D eigenvalue weighted by Gasteiger charge is -2.13. The fourth-order valence-corrected chi connectivity index (χ4v) is 2.02. The Morgan fingerprint density at radius 1 is 1.27 bits per heavy atom. The number of alkyl halides is 3. The van der Waals surface area contributed by atoms with Crippen LogP contribution in [0.3, 0.4) is 0 Å². The van der Waals surface area contributed by atoms with Gasteiger partial charge in [0.15, 0.2) is 5.76 Å². The summed E-state index contributed by atoms with van der Waals surface area (Å²) in [7, 11) is 1.42. The molecular weight excluding hydrogens is 354 g/mol. The summed E-state index contributed by atoms with van der Waals surface area (Å²) >= 11 is 0. The maximum atomic E-state index is 13.6. The van der Waals surface area contributed by atoms with Gasteiger partial charge in [-0.2, -0.15) is 13.2 Å². The molecule has 0 aliphatic heterocycles. The van der Waals surface area contributed by atoms with Gasteiger partial charge in [0.2, 0.25) is 5.88 Å². The van der Waals surface area contributed by atoms with Gasteiger partial charge in [-0.3, -0.25) is 4.99 Å². The van der Waals surface area contributed by atoms with Crippen molar-refractivity contribution in [3.63, 3.8) is 0 Å². The van der Waals surface area contributed by atoms with E-state index in [1.54, 1.807) is 12.1 Å². The number of aliphatic imine (C=N–C) groups is 1. The second-order valence-corrected chi connectivity index (χ2v) is 4.96. The molecule has 1 aromatic carbocycles. The van der Waals surface area contributed by atoms with Crippen molar-refractivity contribution in [1.29, 1.82) is 0 Å². The Labute approximate surface area is 146 Å². The summed E-state index contributed by atoms with van der Waals surface area (Å²) in [6.45, 7) is -1.37. The van der Waals surface area contributed by atoms with Crippen LogP contribution in [0.5, 0.6) is 11.6 Å². The van der Waals surface area contributed by atoms with Crippen molar-refractivity contribution in [2.45, 2.75) is 6.18 Å². The Morgan fingerprint density at radius 3 is 2.69 bits per heavy atom. The summed E-state index contributed by atoms with van der Waals surface area (Å²) in [5, 5.41) is 0. The van der Waals surface area contributed by atoms with Gasteiger partial charge < -0.3 is 15.2 Å². The molecule has 2 N–H and O–H groups in total. The van der Waals surface area contributed by atoms with Crippen LogP contribution in [-0.2, 0) is 0 Å². The standard InChI is InChI=1S/C17H15F4N3O2/c1-25-15-5-4-11(18)7-14(15)13-3-2-6-24-16(13)26-12(8-22)9-23-10-17(19,20)21/h2-9H,10,22H2,1H3/b12-8+,23-9?. The lowest BCUT2D eigenvalue weighted by atomic mass is 10.1. The number of methoxy groups -OCH3 is 1. The van der Waals surface area contributed by atoms with E-state index in [4.69, 9.17) is 15.2 Å². The Hall–Kier alpha value is -3.10. The van der Waals surface area contributed by atoms with Crippen LogP contribution >= 0.6 is 0 Å². The molecule has 0 unspecified atom stereocenters. The van der Waals surface area contributed by atoms with Crippen LogP contribution in [0.4, 0.5) is 17.6 Å². The number of benzene rings is 1. The number of aromatic nitrogens is 1. The second-order valence-electron chi connectivity index (χ2n) is 4.96. The van der Waals surface area contributed by atoms with Crippen LogP contribution < -0.4 is 15.2 Å². The number of ether oxygens (including phenoxy) is 2. The monoisotopic (exact) mass is 369 g/mol. The third-order valence-electron chi connectivity index (χ3n) is 3.09. The number of halogens is 4. The van der Waals surface area contributed by atoms with Crippen LogP contribution in [-0.4, -0.2) is 31.0 Å². The molecule has 0 spiro atoms. The largest absolute Gasteiger partial charge is 0.496 e. The number of hydrogen-bond donors (Lipinski definition) is 1. The van der Waals surface area contributed by atoms with Crippen molar-refractivity contribution < 1.29 is 27.0 Å². The molecule has 138 valence electrons. The number of hydrogen-bond acceptors (Lipinski definition) is 5. The topological polar surface area (TPSA) is 69.7 Å². The van der Waals surface area contributed by atoms with Crippen LogP contribution in [0.1, 0.15) is 0 Å². The van der Waals surface area contributed by atoms with Crippen LogP contribution in [0.15, 0.2) is 53.5 Å². The quantitative estimate of drug-likeness (QED) is 0.479. The highest BCUT2D eigenvalue weighted by Crippen LogP contribution is 2.36. The molecule has 0 bridgehead atoms. The van der Waals surface area contributed by atoms with E-state index in [0.717, 1.165) is 12.4 Å². The first kappa shape index (κ1) is 19.2. The SMILES string of the molecule is COc1ccc(F)cc1-c1cccnc1O/C(C=NCC(F)(F)F)=C/N. The number of nitrogens with zero attached hydrogens (tertiary/aromatic N) is 2. The normalized spacial score (nSPS) is 12.4. The average molecular weight is 369 g/mol. The second kappa shape index (κ2) is 8.32. The van der Waals surface area contributed by atoms with Gasteiger partial charge in [-0.05, 0) is 30.3 Å². The van der Waals surface area contributed by atoms with E-state index >= 15 is 0 Å². The minimum atomic E-state index is -4.44. The van der Waals surface area contributed by atoms with Crippen LogP contribution in [0.25, 0.3) is 11.1 Å². The molecule has 0 saturated carbocycles. The average Bonchev–Trinajstić information content (AvgIpc) is 2.60. The number of allylic oxidation sites excluding steroid dienone is 1. The third-order valence-corrected chi connectivity index (χ3v) is 3.09. The van der Waals surface area contributed by atoms with E-state index in [1.807, 2.05) is 0 Å². The van der Waals surface area contributed by atoms with Crippen molar-refractivity contribution in [2.24, 2.45) is 10.7 Å². The molecule has 2 rings (SSSR count). The third kappa shape index (κ3) is 5.20. The van der Waals surface area contributed by atoms with Crippen LogP contribution in [0, 0.1) is 5.82 Å². The molecule has 0 aliphatic carbocycles. The van der Waals surface area contributed by atoms with E-state index in [2.05, 4.69) is 9.98 Å². The Morgan fingerprint density at radius 2 is 2.04 bits per heavy atom. The van der Waals surface area contributed by atoms with Gasteiger partial charge in [0.05, 0.1) is 13.3 Å². The molecule has 0 radical (unpaired) electrons. The van der Waals surface area contributed by atoms with Crippen molar-refractivity contribution in [3.05, 3.63) is 54.3 Å². The number of rotatable bonds is 6. The van der Waals surface area contributed by atoms with Gasteiger partial charge in [-0.15, -0.1) is 0 Å². The van der Waals surface area contributed by atoms with Crippen LogP contribution in [0.2, 0.25) is 0 Å². The van der Waals surface area contributed by atoms with Crippen molar-refractivity contribution in [2.75, 3.05) is 13.7 Å². The summed E-state index contributed by atoms with van der Waals surface area (Å²) in [6.07, 6.45) is -1.25. The number of nitrogens with two attached hydrogens (primary N) is 1. The van der Waals surface area contributed by atoms with E-state index in [0.29, 0.717) is 16.9 Å². The zero-order valence-electron chi connectivity index (χ0n) is 13.6. The highest BCUT2D eigenvalue weighted by atomic mass is 19.4. The molecule has 0 atom stereocenters. The van der Waals surface area contributed by atoms with Crippen molar-refractivity contribution in [3.8, 4) is 22.8 Å². The molecule has 0 aliphatic rings. The molecule has 0 fully saturated rings. The summed E-state index contributed by atoms with van der Waals surface area (Å²) in [5.41, 5.74) is 6.10. The Kier molecular flexibility index (Phi) is 6.16. The Balaban J connectivity index is 2.34. The molecule has 9 heteroatoms. The summed E-state index contributed by atoms with van der Waals surface area (Å²) in [6, 6.07) is 7.09. The summed E-state index contributed by atoms with van der Waals surface area (Å²) in [5.74, 6) is -0.277. The molecular formula is C17H15F4N3O2. The summed E-state index contributed by atoms with van der Waals surface area (Å²) in [4.78, 5) is 7.25. The first-order valence-electron chi connectivity index (χ1n) is 7.29. The van der Waals surface area contributed by atoms with E-state index < -0.39 is 18.5 Å². The molecule has 0 saturated heterocycles. The molecule has 0 amide bonds. The molecule has 1 aromatic heterocycles. The minimum Gasteiger partial charge on any atom is -0.496 e. The van der Waals surface area contributed by atoms with Crippen molar-refractivity contribution >= 4 is 6.21 Å². The summed E-state index contributed by atoms with van der Waals surface area (Å²) < 4.78 is 60.8.